The van der Waals surface area contributed by atoms with Gasteiger partial charge in [-0.2, -0.15) is 0 Å². The monoisotopic (exact) mass is 186 g/mol. The van der Waals surface area contributed by atoms with E-state index >= 15 is 0 Å². The lowest BCUT2D eigenvalue weighted by Crippen LogP contribution is -2.14. The fraction of sp³-hybridized carbons (Fsp3) is 1.00. The van der Waals surface area contributed by atoms with E-state index in [-0.39, 0.29) is 0 Å². The van der Waals surface area contributed by atoms with Crippen LogP contribution in [0.1, 0.15) is 32.6 Å². The molecule has 1 saturated carbocycles. The minimum Gasteiger partial charge on any atom is -0.384 e. The highest BCUT2D eigenvalue weighted by Gasteiger charge is 2.15. The summed E-state index contributed by atoms with van der Waals surface area (Å²) in [6.45, 7) is 4.79. The molecule has 2 nitrogen and oxygen atoms in total. The Labute approximate surface area is 81.6 Å². The topological polar surface area (TPSA) is 18.5 Å². The molecule has 1 atom stereocenters. The molecule has 0 aliphatic heterocycles. The molecule has 0 spiro atoms. The van der Waals surface area contributed by atoms with E-state index in [1.165, 1.54) is 25.7 Å². The second-order valence-electron chi connectivity index (χ2n) is 4.25. The van der Waals surface area contributed by atoms with Crippen molar-refractivity contribution in [1.29, 1.82) is 0 Å². The van der Waals surface area contributed by atoms with Crippen LogP contribution in [0.2, 0.25) is 0 Å². The smallest absolute Gasteiger partial charge is 0.0513 e. The van der Waals surface area contributed by atoms with E-state index in [0.29, 0.717) is 5.92 Å². The van der Waals surface area contributed by atoms with E-state index in [2.05, 4.69) is 6.92 Å². The van der Waals surface area contributed by atoms with E-state index in [9.17, 15) is 0 Å². The van der Waals surface area contributed by atoms with Crippen molar-refractivity contribution in [3.63, 3.8) is 0 Å². The van der Waals surface area contributed by atoms with Crippen molar-refractivity contribution in [3.8, 4) is 0 Å². The minimum atomic E-state index is 0.534. The highest BCUT2D eigenvalue weighted by atomic mass is 16.5. The number of hydrogen-bond acceptors (Lipinski definition) is 2. The Morgan fingerprint density at radius 1 is 1.23 bits per heavy atom. The van der Waals surface area contributed by atoms with E-state index in [4.69, 9.17) is 9.47 Å². The van der Waals surface area contributed by atoms with Crippen LogP contribution in [-0.4, -0.2) is 26.9 Å². The molecule has 0 bridgehead atoms. The highest BCUT2D eigenvalue weighted by molar-refractivity contribution is 4.66. The molecule has 1 aliphatic rings. The maximum Gasteiger partial charge on any atom is 0.0513 e. The van der Waals surface area contributed by atoms with Gasteiger partial charge in [0, 0.05) is 19.6 Å². The van der Waals surface area contributed by atoms with Crippen molar-refractivity contribution in [2.45, 2.75) is 32.6 Å². The number of rotatable bonds is 6. The molecule has 0 amide bonds. The lowest BCUT2D eigenvalue weighted by molar-refractivity contribution is 0.0476. The number of methoxy groups -OCH3 is 1. The average Bonchev–Trinajstić information content (AvgIpc) is 2.57. The van der Waals surface area contributed by atoms with Crippen LogP contribution in [0.15, 0.2) is 0 Å². The first-order valence-electron chi connectivity index (χ1n) is 5.39. The predicted molar refractivity (Wildman–Crippen MR) is 53.8 cm³/mol. The predicted octanol–water partition coefficient (Wildman–Crippen LogP) is 2.48. The first kappa shape index (κ1) is 11.0. The van der Waals surface area contributed by atoms with Gasteiger partial charge in [0.1, 0.15) is 0 Å². The van der Waals surface area contributed by atoms with Crippen LogP contribution >= 0.6 is 0 Å². The molecule has 0 saturated heterocycles. The number of hydrogen-bond donors (Lipinski definition) is 0. The van der Waals surface area contributed by atoms with Gasteiger partial charge in [-0.15, -0.1) is 0 Å². The molecule has 13 heavy (non-hydrogen) atoms. The van der Waals surface area contributed by atoms with Gasteiger partial charge in [0.05, 0.1) is 13.2 Å². The fourth-order valence-electron chi connectivity index (χ4n) is 1.95. The van der Waals surface area contributed by atoms with Crippen molar-refractivity contribution in [3.05, 3.63) is 0 Å². The van der Waals surface area contributed by atoms with Crippen molar-refractivity contribution in [1.82, 2.24) is 0 Å². The summed E-state index contributed by atoms with van der Waals surface area (Å²) in [6, 6.07) is 0. The summed E-state index contributed by atoms with van der Waals surface area (Å²) >= 11 is 0. The first-order valence-corrected chi connectivity index (χ1v) is 5.39. The molecule has 0 aromatic rings. The van der Waals surface area contributed by atoms with Gasteiger partial charge in [-0.3, -0.25) is 0 Å². The Hall–Kier alpha value is -0.0800. The number of ether oxygens (including phenoxy) is 2. The van der Waals surface area contributed by atoms with Gasteiger partial charge in [-0.05, 0) is 18.8 Å². The third kappa shape index (κ3) is 4.63. The Balaban J connectivity index is 1.93. The minimum absolute atomic E-state index is 0.534. The van der Waals surface area contributed by atoms with Gasteiger partial charge < -0.3 is 9.47 Å². The van der Waals surface area contributed by atoms with Crippen LogP contribution < -0.4 is 0 Å². The molecule has 1 rings (SSSR count). The first-order chi connectivity index (χ1) is 6.33. The van der Waals surface area contributed by atoms with E-state index in [1.807, 2.05) is 0 Å². The quantitative estimate of drug-likeness (QED) is 0.634. The second kappa shape index (κ2) is 6.39. The SMILES string of the molecule is COCC(C)COCC1CCCC1. The lowest BCUT2D eigenvalue weighted by atomic mass is 10.1. The van der Waals surface area contributed by atoms with Crippen LogP contribution in [0.5, 0.6) is 0 Å². The molecular formula is C11H22O2. The molecule has 0 radical (unpaired) electrons. The summed E-state index contributed by atoms with van der Waals surface area (Å²) < 4.78 is 10.7. The van der Waals surface area contributed by atoms with E-state index in [1.54, 1.807) is 7.11 Å². The van der Waals surface area contributed by atoms with Crippen LogP contribution in [0.4, 0.5) is 0 Å². The second-order valence-corrected chi connectivity index (χ2v) is 4.25. The molecule has 2 heteroatoms. The third-order valence-electron chi connectivity index (χ3n) is 2.68. The molecular weight excluding hydrogens is 164 g/mol. The normalized spacial score (nSPS) is 20.8. The van der Waals surface area contributed by atoms with Gasteiger partial charge in [0.2, 0.25) is 0 Å². The summed E-state index contributed by atoms with van der Waals surface area (Å²) in [6.07, 6.45) is 5.56. The van der Waals surface area contributed by atoms with Gasteiger partial charge in [0.25, 0.3) is 0 Å². The molecule has 0 N–H and O–H groups in total. The molecule has 0 aromatic heterocycles. The Morgan fingerprint density at radius 3 is 2.54 bits per heavy atom. The zero-order valence-corrected chi connectivity index (χ0v) is 8.92. The van der Waals surface area contributed by atoms with E-state index < -0.39 is 0 Å². The van der Waals surface area contributed by atoms with Crippen LogP contribution in [0.25, 0.3) is 0 Å². The van der Waals surface area contributed by atoms with Gasteiger partial charge in [-0.1, -0.05) is 19.8 Å². The van der Waals surface area contributed by atoms with Gasteiger partial charge in [0.15, 0.2) is 0 Å². The van der Waals surface area contributed by atoms with Crippen molar-refractivity contribution >= 4 is 0 Å². The van der Waals surface area contributed by atoms with Crippen molar-refractivity contribution < 1.29 is 9.47 Å². The van der Waals surface area contributed by atoms with Crippen molar-refractivity contribution in [2.24, 2.45) is 11.8 Å². The van der Waals surface area contributed by atoms with Gasteiger partial charge in [-0.25, -0.2) is 0 Å². The molecule has 1 aliphatic carbocycles. The zero-order chi connectivity index (χ0) is 9.52. The zero-order valence-electron chi connectivity index (χ0n) is 8.92. The Morgan fingerprint density at radius 2 is 1.92 bits per heavy atom. The molecule has 1 fully saturated rings. The summed E-state index contributed by atoms with van der Waals surface area (Å²) in [7, 11) is 1.74. The van der Waals surface area contributed by atoms with Crippen LogP contribution in [0, 0.1) is 11.8 Å². The fourth-order valence-corrected chi connectivity index (χ4v) is 1.95. The molecule has 0 heterocycles. The lowest BCUT2D eigenvalue weighted by Gasteiger charge is -2.13. The highest BCUT2D eigenvalue weighted by Crippen LogP contribution is 2.24. The summed E-state index contributed by atoms with van der Waals surface area (Å²) in [4.78, 5) is 0. The average molecular weight is 186 g/mol. The van der Waals surface area contributed by atoms with E-state index in [0.717, 1.165) is 25.7 Å². The van der Waals surface area contributed by atoms with Crippen LogP contribution in [0.3, 0.4) is 0 Å². The Kier molecular flexibility index (Phi) is 5.40. The third-order valence-corrected chi connectivity index (χ3v) is 2.68. The molecule has 1 unspecified atom stereocenters. The van der Waals surface area contributed by atoms with Gasteiger partial charge >= 0.3 is 0 Å². The summed E-state index contributed by atoms with van der Waals surface area (Å²) in [5, 5.41) is 0. The Bertz CT molecular complexity index is 119. The van der Waals surface area contributed by atoms with Crippen LogP contribution in [-0.2, 0) is 9.47 Å². The maximum absolute atomic E-state index is 5.65. The summed E-state index contributed by atoms with van der Waals surface area (Å²) in [5.74, 6) is 1.38. The largest absolute Gasteiger partial charge is 0.384 e. The standard InChI is InChI=1S/C11H22O2/c1-10(7-12-2)8-13-9-11-5-3-4-6-11/h10-11H,3-9H2,1-2H3. The maximum atomic E-state index is 5.65. The van der Waals surface area contributed by atoms with Crippen molar-refractivity contribution in [2.75, 3.05) is 26.9 Å². The summed E-state index contributed by atoms with van der Waals surface area (Å²) in [5.41, 5.74) is 0. The molecule has 78 valence electrons. The molecule has 0 aromatic carbocycles.